The molecule has 3 aromatic rings. The molecule has 0 aliphatic rings. The Kier molecular flexibility index (Phi) is 3.39. The van der Waals surface area contributed by atoms with Crippen LogP contribution in [0.5, 0.6) is 0 Å². The van der Waals surface area contributed by atoms with Gasteiger partial charge in [-0.25, -0.2) is 14.2 Å². The first kappa shape index (κ1) is 13.6. The number of carboxylic acid groups (broad SMARTS) is 1. The number of aromatic nitrogens is 2. The molecule has 6 heteroatoms. The molecule has 21 heavy (non-hydrogen) atoms. The zero-order valence-electron chi connectivity index (χ0n) is 10.5. The first-order valence-electron chi connectivity index (χ1n) is 6.00. The maximum Gasteiger partial charge on any atom is 0.336 e. The minimum atomic E-state index is -1.05. The van der Waals surface area contributed by atoms with Gasteiger partial charge in [0.05, 0.1) is 28.7 Å². The summed E-state index contributed by atoms with van der Waals surface area (Å²) >= 11 is 3.31. The molecule has 0 fully saturated rings. The van der Waals surface area contributed by atoms with E-state index in [1.54, 1.807) is 18.2 Å². The highest BCUT2D eigenvalue weighted by atomic mass is 79.9. The highest BCUT2D eigenvalue weighted by Gasteiger charge is 2.14. The van der Waals surface area contributed by atoms with E-state index in [1.165, 1.54) is 18.2 Å². The Balaban J connectivity index is 2.28. The molecule has 0 spiro atoms. The summed E-state index contributed by atoms with van der Waals surface area (Å²) in [5, 5.41) is 9.90. The van der Waals surface area contributed by atoms with E-state index in [0.717, 1.165) is 10.7 Å². The van der Waals surface area contributed by atoms with Crippen molar-refractivity contribution in [2.75, 3.05) is 0 Å². The number of benzene rings is 1. The number of aromatic carboxylic acids is 1. The molecule has 0 saturated carbocycles. The van der Waals surface area contributed by atoms with Crippen molar-refractivity contribution in [2.45, 2.75) is 0 Å². The van der Waals surface area contributed by atoms with Crippen LogP contribution in [0.4, 0.5) is 4.39 Å². The Labute approximate surface area is 127 Å². The maximum absolute atomic E-state index is 12.9. The zero-order chi connectivity index (χ0) is 15.0. The Bertz CT molecular complexity index is 850. The molecular formula is C15H8BrFN2O2. The molecule has 3 rings (SSSR count). The molecule has 4 nitrogen and oxygen atoms in total. The fourth-order valence-electron chi connectivity index (χ4n) is 2.03. The second-order valence-corrected chi connectivity index (χ2v) is 5.30. The lowest BCUT2D eigenvalue weighted by Crippen LogP contribution is -2.01. The van der Waals surface area contributed by atoms with Gasteiger partial charge in [-0.1, -0.05) is 15.9 Å². The summed E-state index contributed by atoms with van der Waals surface area (Å²) in [6, 6.07) is 9.37. The van der Waals surface area contributed by atoms with E-state index >= 15 is 0 Å². The molecule has 0 unspecified atom stereocenters. The van der Waals surface area contributed by atoms with Gasteiger partial charge in [0.2, 0.25) is 0 Å². The fraction of sp³-hybridized carbons (Fsp3) is 0. The molecule has 0 saturated heterocycles. The van der Waals surface area contributed by atoms with Crippen LogP contribution in [0.2, 0.25) is 0 Å². The van der Waals surface area contributed by atoms with Gasteiger partial charge < -0.3 is 5.11 Å². The van der Waals surface area contributed by atoms with Gasteiger partial charge in [-0.3, -0.25) is 4.98 Å². The molecule has 2 aromatic heterocycles. The molecule has 1 aromatic carbocycles. The van der Waals surface area contributed by atoms with Gasteiger partial charge in [-0.2, -0.15) is 0 Å². The van der Waals surface area contributed by atoms with Gasteiger partial charge >= 0.3 is 5.97 Å². The first-order chi connectivity index (χ1) is 10.0. The minimum Gasteiger partial charge on any atom is -0.478 e. The number of nitrogens with zero attached hydrogens (tertiary/aromatic N) is 2. The molecular weight excluding hydrogens is 339 g/mol. The van der Waals surface area contributed by atoms with Crippen LogP contribution in [-0.4, -0.2) is 21.0 Å². The number of rotatable bonds is 2. The average Bonchev–Trinajstić information content (AvgIpc) is 2.46. The normalized spacial score (nSPS) is 10.8. The Hall–Kier alpha value is -2.34. The summed E-state index contributed by atoms with van der Waals surface area (Å²) in [5.74, 6) is -1.51. The lowest BCUT2D eigenvalue weighted by atomic mass is 10.1. The van der Waals surface area contributed by atoms with Crippen LogP contribution in [0, 0.1) is 5.82 Å². The van der Waals surface area contributed by atoms with Crippen LogP contribution in [0.3, 0.4) is 0 Å². The quantitative estimate of drug-likeness (QED) is 0.764. The van der Waals surface area contributed by atoms with E-state index in [4.69, 9.17) is 0 Å². The fourth-order valence-corrected chi connectivity index (χ4v) is 2.39. The van der Waals surface area contributed by atoms with Gasteiger partial charge in [0.1, 0.15) is 5.82 Å². The summed E-state index contributed by atoms with van der Waals surface area (Å²) < 4.78 is 13.7. The van der Waals surface area contributed by atoms with E-state index < -0.39 is 11.8 Å². The zero-order valence-corrected chi connectivity index (χ0v) is 12.1. The third kappa shape index (κ3) is 2.62. The second-order valence-electron chi connectivity index (χ2n) is 4.38. The largest absolute Gasteiger partial charge is 0.478 e. The third-order valence-electron chi connectivity index (χ3n) is 2.99. The van der Waals surface area contributed by atoms with E-state index in [-0.39, 0.29) is 5.56 Å². The summed E-state index contributed by atoms with van der Waals surface area (Å²) in [7, 11) is 0. The highest BCUT2D eigenvalue weighted by Crippen LogP contribution is 2.26. The number of carbonyl (C=O) groups is 1. The van der Waals surface area contributed by atoms with E-state index in [1.807, 2.05) is 0 Å². The number of carboxylic acids is 1. The number of fused-ring (bicyclic) bond motifs is 1. The summed E-state index contributed by atoms with van der Waals surface area (Å²) in [6.07, 6.45) is 1.07. The van der Waals surface area contributed by atoms with Crippen molar-refractivity contribution < 1.29 is 14.3 Å². The average molecular weight is 347 g/mol. The maximum atomic E-state index is 12.9. The van der Waals surface area contributed by atoms with E-state index in [2.05, 4.69) is 25.9 Å². The van der Waals surface area contributed by atoms with Gasteiger partial charge in [0.25, 0.3) is 0 Å². The summed E-state index contributed by atoms with van der Waals surface area (Å²) in [4.78, 5) is 19.8. The van der Waals surface area contributed by atoms with Gasteiger partial charge in [-0.05, 0) is 36.4 Å². The lowest BCUT2D eigenvalue weighted by Gasteiger charge is -2.07. The van der Waals surface area contributed by atoms with Crippen LogP contribution in [0.15, 0.2) is 47.1 Å². The molecule has 0 radical (unpaired) electrons. The summed E-state index contributed by atoms with van der Waals surface area (Å²) in [5.41, 5.74) is 1.48. The monoisotopic (exact) mass is 346 g/mol. The molecule has 0 amide bonds. The highest BCUT2D eigenvalue weighted by molar-refractivity contribution is 9.10. The Morgan fingerprint density at radius 1 is 1.14 bits per heavy atom. The molecule has 1 N–H and O–H groups in total. The molecule has 0 atom stereocenters. The SMILES string of the molecule is O=C(O)c1cc(-c2ccc(F)cn2)nc2ccc(Br)cc12. The molecule has 104 valence electrons. The van der Waals surface area contributed by atoms with Crippen molar-refractivity contribution in [1.29, 1.82) is 0 Å². The van der Waals surface area contributed by atoms with Crippen LogP contribution >= 0.6 is 15.9 Å². The minimum absolute atomic E-state index is 0.127. The summed E-state index contributed by atoms with van der Waals surface area (Å²) in [6.45, 7) is 0. The second kappa shape index (κ2) is 5.21. The van der Waals surface area contributed by atoms with E-state index in [0.29, 0.717) is 22.3 Å². The smallest absolute Gasteiger partial charge is 0.336 e. The predicted octanol–water partition coefficient (Wildman–Crippen LogP) is 3.90. The molecule has 0 bridgehead atoms. The number of halogens is 2. The number of hydrogen-bond acceptors (Lipinski definition) is 3. The standard InChI is InChI=1S/C15H8BrFN2O2/c16-8-1-3-12-10(5-8)11(15(20)21)6-14(19-12)13-4-2-9(17)7-18-13/h1-7H,(H,20,21). The van der Waals surface area contributed by atoms with Gasteiger partial charge in [0.15, 0.2) is 0 Å². The van der Waals surface area contributed by atoms with Gasteiger partial charge in [-0.15, -0.1) is 0 Å². The Morgan fingerprint density at radius 3 is 2.62 bits per heavy atom. The Morgan fingerprint density at radius 2 is 1.95 bits per heavy atom. The third-order valence-corrected chi connectivity index (χ3v) is 3.48. The van der Waals surface area contributed by atoms with E-state index in [9.17, 15) is 14.3 Å². The molecule has 0 aliphatic carbocycles. The first-order valence-corrected chi connectivity index (χ1v) is 6.79. The number of pyridine rings is 2. The van der Waals surface area contributed by atoms with Crippen LogP contribution in [-0.2, 0) is 0 Å². The van der Waals surface area contributed by atoms with Crippen molar-refractivity contribution in [2.24, 2.45) is 0 Å². The predicted molar refractivity (Wildman–Crippen MR) is 79.6 cm³/mol. The van der Waals surface area contributed by atoms with Crippen molar-refractivity contribution in [3.05, 3.63) is 58.4 Å². The molecule has 2 heterocycles. The topological polar surface area (TPSA) is 63.1 Å². The van der Waals surface area contributed by atoms with Crippen LogP contribution in [0.25, 0.3) is 22.3 Å². The van der Waals surface area contributed by atoms with Gasteiger partial charge in [0, 0.05) is 9.86 Å². The van der Waals surface area contributed by atoms with Crippen molar-refractivity contribution >= 4 is 32.8 Å². The van der Waals surface area contributed by atoms with Crippen molar-refractivity contribution in [1.82, 2.24) is 9.97 Å². The van der Waals surface area contributed by atoms with Crippen molar-refractivity contribution in [3.8, 4) is 11.4 Å². The molecule has 0 aliphatic heterocycles. The van der Waals surface area contributed by atoms with Crippen molar-refractivity contribution in [3.63, 3.8) is 0 Å². The van der Waals surface area contributed by atoms with Crippen LogP contribution < -0.4 is 0 Å². The number of hydrogen-bond donors (Lipinski definition) is 1. The lowest BCUT2D eigenvalue weighted by molar-refractivity contribution is 0.0699. The van der Waals surface area contributed by atoms with Crippen LogP contribution in [0.1, 0.15) is 10.4 Å².